The number of nitrogens with zero attached hydrogens (tertiary/aromatic N) is 1. The highest BCUT2D eigenvalue weighted by Gasteiger charge is 2.10. The number of rotatable bonds is 7. The van der Waals surface area contributed by atoms with Crippen LogP contribution in [0.2, 0.25) is 0 Å². The maximum Gasteiger partial charge on any atom is 0.258 e. The minimum absolute atomic E-state index is 0.113. The van der Waals surface area contributed by atoms with Crippen molar-refractivity contribution in [1.82, 2.24) is 10.3 Å². The predicted molar refractivity (Wildman–Crippen MR) is 91.0 cm³/mol. The maximum absolute atomic E-state index is 11.9. The molecule has 2 aromatic rings. The minimum atomic E-state index is -0.261. The van der Waals surface area contributed by atoms with Gasteiger partial charge in [-0.05, 0) is 38.5 Å². The van der Waals surface area contributed by atoms with Gasteiger partial charge in [0.15, 0.2) is 18.1 Å². The fourth-order valence-electron chi connectivity index (χ4n) is 2.08. The molecule has 0 atom stereocenters. The van der Waals surface area contributed by atoms with Crippen molar-refractivity contribution >= 4 is 12.0 Å². The van der Waals surface area contributed by atoms with Crippen LogP contribution < -0.4 is 14.8 Å². The number of ether oxygens (including phenoxy) is 2. The first kappa shape index (κ1) is 17.6. The van der Waals surface area contributed by atoms with Crippen molar-refractivity contribution in [2.75, 3.05) is 13.7 Å². The van der Waals surface area contributed by atoms with Gasteiger partial charge in [0.25, 0.3) is 5.91 Å². The van der Waals surface area contributed by atoms with Gasteiger partial charge in [-0.3, -0.25) is 4.79 Å². The Kier molecular flexibility index (Phi) is 6.01. The van der Waals surface area contributed by atoms with Crippen molar-refractivity contribution in [1.29, 1.82) is 0 Å². The zero-order chi connectivity index (χ0) is 17.5. The molecule has 6 heteroatoms. The summed E-state index contributed by atoms with van der Waals surface area (Å²) in [7, 11) is 1.56. The molecule has 0 unspecified atom stereocenters. The number of carbonyl (C=O) groups excluding carboxylic acids is 1. The third-order valence-electron chi connectivity index (χ3n) is 3.42. The summed E-state index contributed by atoms with van der Waals surface area (Å²) in [6.45, 7) is 5.75. The quantitative estimate of drug-likeness (QED) is 0.845. The van der Waals surface area contributed by atoms with Gasteiger partial charge in [-0.15, -0.1) is 0 Å². The third-order valence-corrected chi connectivity index (χ3v) is 3.42. The molecule has 1 heterocycles. The first-order valence-electron chi connectivity index (χ1n) is 7.66. The predicted octanol–water partition coefficient (Wildman–Crippen LogP) is 3.03. The van der Waals surface area contributed by atoms with E-state index in [1.165, 1.54) is 0 Å². The molecule has 0 saturated heterocycles. The highest BCUT2D eigenvalue weighted by Crippen LogP contribution is 2.28. The average molecular weight is 330 g/mol. The van der Waals surface area contributed by atoms with Crippen LogP contribution in [0.4, 0.5) is 0 Å². The van der Waals surface area contributed by atoms with Crippen LogP contribution >= 0.6 is 0 Å². The molecule has 128 valence electrons. The van der Waals surface area contributed by atoms with Crippen molar-refractivity contribution in [3.63, 3.8) is 0 Å². The number of allylic oxidation sites excluding steroid dienone is 1. The van der Waals surface area contributed by atoms with E-state index in [1.807, 2.05) is 45.1 Å². The van der Waals surface area contributed by atoms with Gasteiger partial charge in [0.05, 0.1) is 19.3 Å². The number of aromatic nitrogens is 1. The van der Waals surface area contributed by atoms with Gasteiger partial charge in [0.2, 0.25) is 5.89 Å². The Hall–Kier alpha value is -2.76. The van der Waals surface area contributed by atoms with E-state index in [0.29, 0.717) is 17.4 Å². The van der Waals surface area contributed by atoms with Crippen LogP contribution in [-0.2, 0) is 11.3 Å². The fraction of sp³-hybridized carbons (Fsp3) is 0.333. The largest absolute Gasteiger partial charge is 0.493 e. The zero-order valence-electron chi connectivity index (χ0n) is 14.4. The lowest BCUT2D eigenvalue weighted by atomic mass is 10.2. The molecule has 0 aliphatic rings. The smallest absolute Gasteiger partial charge is 0.258 e. The van der Waals surface area contributed by atoms with Crippen LogP contribution in [0.25, 0.3) is 6.08 Å². The molecular formula is C18H22N2O4. The number of methoxy groups -OCH3 is 1. The van der Waals surface area contributed by atoms with Crippen molar-refractivity contribution < 1.29 is 18.7 Å². The molecule has 0 radical (unpaired) electrons. The average Bonchev–Trinajstić information content (AvgIpc) is 2.90. The SMILES string of the molecule is C/C=C/c1ccc(OCC(=O)NCc2nc(C)c(C)o2)c(OC)c1. The molecule has 2 rings (SSSR count). The number of carbonyl (C=O) groups is 1. The summed E-state index contributed by atoms with van der Waals surface area (Å²) in [4.78, 5) is 16.1. The maximum atomic E-state index is 11.9. The molecule has 0 aliphatic heterocycles. The Morgan fingerprint density at radius 3 is 2.75 bits per heavy atom. The lowest BCUT2D eigenvalue weighted by Gasteiger charge is -2.11. The van der Waals surface area contributed by atoms with Crippen LogP contribution in [-0.4, -0.2) is 24.6 Å². The second kappa shape index (κ2) is 8.19. The van der Waals surface area contributed by atoms with Crippen LogP contribution in [0, 0.1) is 13.8 Å². The lowest BCUT2D eigenvalue weighted by Crippen LogP contribution is -2.28. The number of hydrogen-bond acceptors (Lipinski definition) is 5. The van der Waals surface area contributed by atoms with Gasteiger partial charge in [-0.2, -0.15) is 0 Å². The number of nitrogens with one attached hydrogen (secondary N) is 1. The molecule has 0 bridgehead atoms. The first-order chi connectivity index (χ1) is 11.5. The van der Waals surface area contributed by atoms with Crippen molar-refractivity contribution in [2.24, 2.45) is 0 Å². The van der Waals surface area contributed by atoms with E-state index >= 15 is 0 Å². The highest BCUT2D eigenvalue weighted by molar-refractivity contribution is 5.77. The Morgan fingerprint density at radius 1 is 1.33 bits per heavy atom. The zero-order valence-corrected chi connectivity index (χ0v) is 14.4. The molecule has 0 aliphatic carbocycles. The number of oxazole rings is 1. The van der Waals surface area contributed by atoms with E-state index < -0.39 is 0 Å². The van der Waals surface area contributed by atoms with Crippen LogP contribution in [0.3, 0.4) is 0 Å². The molecule has 0 saturated carbocycles. The van der Waals surface area contributed by atoms with Gasteiger partial charge < -0.3 is 19.2 Å². The van der Waals surface area contributed by atoms with Gasteiger partial charge in [0.1, 0.15) is 5.76 Å². The standard InChI is InChI=1S/C18H22N2O4/c1-5-6-14-7-8-15(16(9-14)22-4)23-11-17(21)19-10-18-20-12(2)13(3)24-18/h5-9H,10-11H2,1-4H3,(H,19,21)/b6-5+. The van der Waals surface area contributed by atoms with Crippen molar-refractivity contribution in [2.45, 2.75) is 27.3 Å². The molecule has 0 spiro atoms. The molecule has 1 aromatic heterocycles. The minimum Gasteiger partial charge on any atom is -0.493 e. The summed E-state index contributed by atoms with van der Waals surface area (Å²) in [5.41, 5.74) is 1.82. The molecule has 24 heavy (non-hydrogen) atoms. The van der Waals surface area contributed by atoms with E-state index in [4.69, 9.17) is 13.9 Å². The summed E-state index contributed by atoms with van der Waals surface area (Å²) in [6, 6.07) is 5.53. The number of aryl methyl sites for hydroxylation is 2. The van der Waals surface area contributed by atoms with Crippen LogP contribution in [0.1, 0.15) is 29.8 Å². The number of benzene rings is 1. The van der Waals surface area contributed by atoms with E-state index in [2.05, 4.69) is 10.3 Å². The second-order valence-electron chi connectivity index (χ2n) is 5.22. The normalized spacial score (nSPS) is 10.8. The Bertz CT molecular complexity index is 715. The molecule has 1 N–H and O–H groups in total. The molecular weight excluding hydrogens is 308 g/mol. The van der Waals surface area contributed by atoms with E-state index in [-0.39, 0.29) is 19.1 Å². The summed E-state index contributed by atoms with van der Waals surface area (Å²) in [5, 5.41) is 2.71. The van der Waals surface area contributed by atoms with Gasteiger partial charge >= 0.3 is 0 Å². The Morgan fingerprint density at radius 2 is 2.12 bits per heavy atom. The van der Waals surface area contributed by atoms with E-state index in [1.54, 1.807) is 13.2 Å². The fourth-order valence-corrected chi connectivity index (χ4v) is 2.08. The molecule has 1 aromatic carbocycles. The summed E-state index contributed by atoms with van der Waals surface area (Å²) >= 11 is 0. The Labute approximate surface area is 141 Å². The number of amides is 1. The van der Waals surface area contributed by atoms with Crippen molar-refractivity contribution in [3.8, 4) is 11.5 Å². The van der Waals surface area contributed by atoms with Gasteiger partial charge in [0, 0.05) is 0 Å². The lowest BCUT2D eigenvalue weighted by molar-refractivity contribution is -0.123. The van der Waals surface area contributed by atoms with Crippen LogP contribution in [0.5, 0.6) is 11.5 Å². The first-order valence-corrected chi connectivity index (χ1v) is 7.66. The molecule has 6 nitrogen and oxygen atoms in total. The third kappa shape index (κ3) is 4.62. The number of hydrogen-bond donors (Lipinski definition) is 1. The van der Waals surface area contributed by atoms with Gasteiger partial charge in [-0.25, -0.2) is 4.98 Å². The van der Waals surface area contributed by atoms with Crippen molar-refractivity contribution in [3.05, 3.63) is 47.2 Å². The topological polar surface area (TPSA) is 73.6 Å². The molecule has 1 amide bonds. The summed E-state index contributed by atoms with van der Waals surface area (Å²) in [5.74, 6) is 2.07. The van der Waals surface area contributed by atoms with Crippen LogP contribution in [0.15, 0.2) is 28.7 Å². The summed E-state index contributed by atoms with van der Waals surface area (Å²) in [6.07, 6.45) is 3.90. The summed E-state index contributed by atoms with van der Waals surface area (Å²) < 4.78 is 16.2. The van der Waals surface area contributed by atoms with Gasteiger partial charge in [-0.1, -0.05) is 18.2 Å². The molecule has 0 fully saturated rings. The van der Waals surface area contributed by atoms with E-state index in [0.717, 1.165) is 17.0 Å². The second-order valence-corrected chi connectivity index (χ2v) is 5.22. The Balaban J connectivity index is 1.89. The highest BCUT2D eigenvalue weighted by atomic mass is 16.5. The monoisotopic (exact) mass is 330 g/mol. The van der Waals surface area contributed by atoms with E-state index in [9.17, 15) is 4.79 Å².